The Kier molecular flexibility index (Phi) is 8.53. The van der Waals surface area contributed by atoms with Crippen LogP contribution in [0.5, 0.6) is 0 Å². The molecule has 0 unspecified atom stereocenters. The molecule has 0 aromatic heterocycles. The Balaban J connectivity index is 1.99. The average Bonchev–Trinajstić information content (AvgIpc) is 2.86. The minimum atomic E-state index is -4.10. The third kappa shape index (κ3) is 6.41. The highest BCUT2D eigenvalue weighted by molar-refractivity contribution is 7.92. The molecule has 0 heterocycles. The molecule has 0 spiro atoms. The molecule has 0 saturated carbocycles. The standard InChI is InChI=1S/C26H28ClN3O4S/c1-19-9-11-21(12-10-19)17-29(20(2)26(32)28-3)25(31)18-30(23-7-5-4-6-8-23)35(33,34)24-15-13-22(27)14-16-24/h4-16,20H,17-18H2,1-3H3,(H,28,32)/t20-/m0/s1. The number of carbonyl (C=O) groups is 2. The van der Waals surface area contributed by atoms with Crippen molar-refractivity contribution < 1.29 is 18.0 Å². The first-order valence-electron chi connectivity index (χ1n) is 11.0. The number of anilines is 1. The molecule has 7 nitrogen and oxygen atoms in total. The number of amides is 2. The highest BCUT2D eigenvalue weighted by Gasteiger charge is 2.32. The molecule has 35 heavy (non-hydrogen) atoms. The number of hydrogen-bond donors (Lipinski definition) is 1. The summed E-state index contributed by atoms with van der Waals surface area (Å²) in [6.07, 6.45) is 0. The maximum Gasteiger partial charge on any atom is 0.264 e. The van der Waals surface area contributed by atoms with Gasteiger partial charge >= 0.3 is 0 Å². The van der Waals surface area contributed by atoms with Gasteiger partial charge in [0.15, 0.2) is 0 Å². The van der Waals surface area contributed by atoms with Crippen molar-refractivity contribution in [2.75, 3.05) is 17.9 Å². The van der Waals surface area contributed by atoms with E-state index in [1.54, 1.807) is 37.3 Å². The topological polar surface area (TPSA) is 86.8 Å². The van der Waals surface area contributed by atoms with E-state index in [-0.39, 0.29) is 17.3 Å². The molecular weight excluding hydrogens is 486 g/mol. The van der Waals surface area contributed by atoms with Crippen LogP contribution in [0.15, 0.2) is 83.8 Å². The molecule has 184 valence electrons. The summed E-state index contributed by atoms with van der Waals surface area (Å²) < 4.78 is 28.2. The lowest BCUT2D eigenvalue weighted by atomic mass is 10.1. The summed E-state index contributed by atoms with van der Waals surface area (Å²) in [6, 6.07) is 20.9. The van der Waals surface area contributed by atoms with Crippen molar-refractivity contribution in [3.63, 3.8) is 0 Å². The van der Waals surface area contributed by atoms with Crippen molar-refractivity contribution in [3.8, 4) is 0 Å². The molecule has 3 aromatic rings. The molecule has 0 fully saturated rings. The maximum absolute atomic E-state index is 13.6. The van der Waals surface area contributed by atoms with Crippen LogP contribution in [0.4, 0.5) is 5.69 Å². The Morgan fingerprint density at radius 3 is 2.11 bits per heavy atom. The molecule has 0 aliphatic carbocycles. The van der Waals surface area contributed by atoms with Crippen molar-refractivity contribution in [3.05, 3.63) is 95.0 Å². The fraction of sp³-hybridized carbons (Fsp3) is 0.231. The van der Waals surface area contributed by atoms with Gasteiger partial charge in [0.1, 0.15) is 12.6 Å². The minimum absolute atomic E-state index is 0.00277. The number of likely N-dealkylation sites (N-methyl/N-ethyl adjacent to an activating group) is 1. The normalized spacial score (nSPS) is 12.0. The van der Waals surface area contributed by atoms with Gasteiger partial charge in [0.25, 0.3) is 10.0 Å². The van der Waals surface area contributed by atoms with Gasteiger partial charge in [-0.25, -0.2) is 8.42 Å². The zero-order chi connectivity index (χ0) is 25.6. The SMILES string of the molecule is CNC(=O)[C@H](C)N(Cc1ccc(C)cc1)C(=O)CN(c1ccccc1)S(=O)(=O)c1ccc(Cl)cc1. The molecule has 9 heteroatoms. The lowest BCUT2D eigenvalue weighted by Crippen LogP contribution is -2.50. The lowest BCUT2D eigenvalue weighted by Gasteiger charge is -2.31. The Morgan fingerprint density at radius 1 is 0.943 bits per heavy atom. The highest BCUT2D eigenvalue weighted by Crippen LogP contribution is 2.25. The van der Waals surface area contributed by atoms with Crippen LogP contribution in [-0.4, -0.2) is 44.8 Å². The summed E-state index contributed by atoms with van der Waals surface area (Å²) in [5.41, 5.74) is 2.22. The van der Waals surface area contributed by atoms with Crippen molar-refractivity contribution in [1.29, 1.82) is 0 Å². The number of benzene rings is 3. The van der Waals surface area contributed by atoms with Gasteiger partial charge in [-0.3, -0.25) is 13.9 Å². The van der Waals surface area contributed by atoms with E-state index in [1.807, 2.05) is 31.2 Å². The second-order valence-electron chi connectivity index (χ2n) is 8.10. The first-order chi connectivity index (χ1) is 16.6. The molecular formula is C26H28ClN3O4S. The zero-order valence-corrected chi connectivity index (χ0v) is 21.4. The van der Waals surface area contributed by atoms with E-state index in [1.165, 1.54) is 36.2 Å². The van der Waals surface area contributed by atoms with Crippen molar-refractivity contribution in [2.24, 2.45) is 0 Å². The van der Waals surface area contributed by atoms with Crippen LogP contribution in [0.2, 0.25) is 5.02 Å². The van der Waals surface area contributed by atoms with Crippen LogP contribution in [0.3, 0.4) is 0 Å². The van der Waals surface area contributed by atoms with E-state index >= 15 is 0 Å². The number of halogens is 1. The van der Waals surface area contributed by atoms with E-state index in [4.69, 9.17) is 11.6 Å². The van der Waals surface area contributed by atoms with Crippen LogP contribution in [-0.2, 0) is 26.2 Å². The number of carbonyl (C=O) groups excluding carboxylic acids is 2. The molecule has 0 bridgehead atoms. The van der Waals surface area contributed by atoms with Gasteiger partial charge in [0, 0.05) is 18.6 Å². The smallest absolute Gasteiger partial charge is 0.264 e. The fourth-order valence-electron chi connectivity index (χ4n) is 3.54. The number of sulfonamides is 1. The molecule has 0 saturated heterocycles. The average molecular weight is 514 g/mol. The number of rotatable bonds is 9. The summed E-state index contributed by atoms with van der Waals surface area (Å²) in [4.78, 5) is 27.5. The van der Waals surface area contributed by atoms with Crippen molar-refractivity contribution in [2.45, 2.75) is 31.3 Å². The van der Waals surface area contributed by atoms with E-state index in [9.17, 15) is 18.0 Å². The number of nitrogens with zero attached hydrogens (tertiary/aromatic N) is 2. The number of para-hydroxylation sites is 1. The molecule has 0 aliphatic heterocycles. The lowest BCUT2D eigenvalue weighted by molar-refractivity contribution is -0.139. The van der Waals surface area contributed by atoms with Gasteiger partial charge in [-0.05, 0) is 55.8 Å². The first kappa shape index (κ1) is 26.2. The van der Waals surface area contributed by atoms with Crippen molar-refractivity contribution in [1.82, 2.24) is 10.2 Å². The molecule has 1 atom stereocenters. The van der Waals surface area contributed by atoms with E-state index in [2.05, 4.69) is 5.32 Å². The molecule has 2 amide bonds. The second kappa shape index (κ2) is 11.4. The van der Waals surface area contributed by atoms with Gasteiger partial charge in [-0.2, -0.15) is 0 Å². The summed E-state index contributed by atoms with van der Waals surface area (Å²) in [6.45, 7) is 3.24. The third-order valence-corrected chi connectivity index (χ3v) is 7.65. The van der Waals surface area contributed by atoms with Crippen LogP contribution in [0.25, 0.3) is 0 Å². The number of hydrogen-bond acceptors (Lipinski definition) is 4. The van der Waals surface area contributed by atoms with Gasteiger partial charge in [0.05, 0.1) is 10.6 Å². The largest absolute Gasteiger partial charge is 0.357 e. The van der Waals surface area contributed by atoms with Crippen LogP contribution < -0.4 is 9.62 Å². The molecule has 3 aromatic carbocycles. The number of nitrogens with one attached hydrogen (secondary N) is 1. The summed E-state index contributed by atoms with van der Waals surface area (Å²) in [7, 11) is -2.61. The second-order valence-corrected chi connectivity index (χ2v) is 10.4. The van der Waals surface area contributed by atoms with Crippen LogP contribution in [0, 0.1) is 6.92 Å². The Morgan fingerprint density at radius 2 is 1.54 bits per heavy atom. The summed E-state index contributed by atoms with van der Waals surface area (Å²) in [5, 5.41) is 2.96. The van der Waals surface area contributed by atoms with E-state index in [0.29, 0.717) is 10.7 Å². The number of aryl methyl sites for hydroxylation is 1. The van der Waals surface area contributed by atoms with E-state index in [0.717, 1.165) is 15.4 Å². The predicted octanol–water partition coefficient (Wildman–Crippen LogP) is 4.01. The van der Waals surface area contributed by atoms with Gasteiger partial charge < -0.3 is 10.2 Å². The molecule has 0 radical (unpaired) electrons. The Hall–Kier alpha value is -3.36. The molecule has 0 aliphatic rings. The van der Waals surface area contributed by atoms with Crippen LogP contribution in [0.1, 0.15) is 18.1 Å². The minimum Gasteiger partial charge on any atom is -0.357 e. The Bertz CT molecular complexity index is 1260. The summed E-state index contributed by atoms with van der Waals surface area (Å²) >= 11 is 5.94. The Labute approximate surface area is 211 Å². The van der Waals surface area contributed by atoms with Gasteiger partial charge in [0.2, 0.25) is 11.8 Å². The third-order valence-electron chi connectivity index (χ3n) is 5.61. The fourth-order valence-corrected chi connectivity index (χ4v) is 5.08. The molecule has 3 rings (SSSR count). The molecule has 1 N–H and O–H groups in total. The highest BCUT2D eigenvalue weighted by atomic mass is 35.5. The van der Waals surface area contributed by atoms with E-state index < -0.39 is 28.5 Å². The predicted molar refractivity (Wildman–Crippen MR) is 138 cm³/mol. The first-order valence-corrected chi connectivity index (χ1v) is 12.8. The summed E-state index contributed by atoms with van der Waals surface area (Å²) in [5.74, 6) is -0.861. The van der Waals surface area contributed by atoms with Crippen LogP contribution >= 0.6 is 11.6 Å². The monoisotopic (exact) mass is 513 g/mol. The quantitative estimate of drug-likeness (QED) is 0.468. The van der Waals surface area contributed by atoms with Gasteiger partial charge in [-0.15, -0.1) is 0 Å². The zero-order valence-electron chi connectivity index (χ0n) is 19.8. The van der Waals surface area contributed by atoms with Crippen molar-refractivity contribution >= 4 is 39.1 Å². The maximum atomic E-state index is 13.6. The van der Waals surface area contributed by atoms with Gasteiger partial charge in [-0.1, -0.05) is 59.6 Å².